The molecule has 1 unspecified atom stereocenters. The van der Waals surface area contributed by atoms with E-state index >= 15 is 0 Å². The molecule has 1 aromatic rings. The molecule has 96 valence electrons. The lowest BCUT2D eigenvalue weighted by Crippen LogP contribution is -2.39. The number of rotatable bonds is 3. The van der Waals surface area contributed by atoms with E-state index in [0.29, 0.717) is 13.0 Å². The van der Waals surface area contributed by atoms with E-state index in [1.165, 1.54) is 0 Å². The first-order valence-corrected chi connectivity index (χ1v) is 6.23. The van der Waals surface area contributed by atoms with Crippen molar-refractivity contribution in [1.29, 1.82) is 0 Å². The van der Waals surface area contributed by atoms with Gasteiger partial charge >= 0.3 is 0 Å². The maximum atomic E-state index is 11.9. The van der Waals surface area contributed by atoms with E-state index in [-0.39, 0.29) is 23.8 Å². The Balaban J connectivity index is 2.02. The van der Waals surface area contributed by atoms with E-state index in [2.05, 4.69) is 5.32 Å². The number of anilines is 1. The SMILES string of the molecule is CC(C)C(=O)NC1CC(=O)N(c2ccccc2)C1. The van der Waals surface area contributed by atoms with Gasteiger partial charge in [0.2, 0.25) is 11.8 Å². The Kier molecular flexibility index (Phi) is 3.65. The second-order valence-electron chi connectivity index (χ2n) is 4.90. The fourth-order valence-corrected chi connectivity index (χ4v) is 2.03. The summed E-state index contributed by atoms with van der Waals surface area (Å²) in [5.41, 5.74) is 0.892. The predicted molar refractivity (Wildman–Crippen MR) is 70.2 cm³/mol. The van der Waals surface area contributed by atoms with Crippen molar-refractivity contribution in [3.8, 4) is 0 Å². The summed E-state index contributed by atoms with van der Waals surface area (Å²) in [6, 6.07) is 9.47. The van der Waals surface area contributed by atoms with Crippen LogP contribution < -0.4 is 10.2 Å². The molecule has 1 atom stereocenters. The van der Waals surface area contributed by atoms with Crippen molar-refractivity contribution >= 4 is 17.5 Å². The van der Waals surface area contributed by atoms with Crippen molar-refractivity contribution in [3.05, 3.63) is 30.3 Å². The normalized spacial score (nSPS) is 19.4. The Morgan fingerprint density at radius 3 is 2.61 bits per heavy atom. The Bertz CT molecular complexity index is 442. The van der Waals surface area contributed by atoms with Crippen LogP contribution in [0.4, 0.5) is 5.69 Å². The summed E-state index contributed by atoms with van der Waals surface area (Å²) < 4.78 is 0. The molecule has 1 aliphatic heterocycles. The molecule has 4 heteroatoms. The molecule has 0 radical (unpaired) electrons. The van der Waals surface area contributed by atoms with Crippen molar-refractivity contribution in [1.82, 2.24) is 5.32 Å². The highest BCUT2D eigenvalue weighted by molar-refractivity contribution is 5.96. The minimum absolute atomic E-state index is 0.00251. The zero-order valence-electron chi connectivity index (χ0n) is 10.7. The molecule has 1 aromatic carbocycles. The van der Waals surface area contributed by atoms with Gasteiger partial charge in [-0.3, -0.25) is 9.59 Å². The van der Waals surface area contributed by atoms with Crippen LogP contribution in [-0.2, 0) is 9.59 Å². The van der Waals surface area contributed by atoms with E-state index in [9.17, 15) is 9.59 Å². The summed E-state index contributed by atoms with van der Waals surface area (Å²) in [6.45, 7) is 4.25. The molecule has 0 aromatic heterocycles. The second kappa shape index (κ2) is 5.21. The van der Waals surface area contributed by atoms with Crippen LogP contribution >= 0.6 is 0 Å². The number of hydrogen-bond acceptors (Lipinski definition) is 2. The average molecular weight is 246 g/mol. The maximum absolute atomic E-state index is 11.9. The molecule has 1 heterocycles. The van der Waals surface area contributed by atoms with Crippen LogP contribution in [0.15, 0.2) is 30.3 Å². The molecular formula is C14H18N2O2. The van der Waals surface area contributed by atoms with Crippen LogP contribution in [0.1, 0.15) is 20.3 Å². The largest absolute Gasteiger partial charge is 0.351 e. The number of amides is 2. The third-order valence-electron chi connectivity index (χ3n) is 3.06. The molecule has 1 N–H and O–H groups in total. The number of nitrogens with one attached hydrogen (secondary N) is 1. The van der Waals surface area contributed by atoms with E-state index in [1.807, 2.05) is 44.2 Å². The Hall–Kier alpha value is -1.84. The first-order valence-electron chi connectivity index (χ1n) is 6.23. The van der Waals surface area contributed by atoms with E-state index in [4.69, 9.17) is 0 Å². The lowest BCUT2D eigenvalue weighted by molar-refractivity contribution is -0.124. The van der Waals surface area contributed by atoms with Gasteiger partial charge in [-0.1, -0.05) is 32.0 Å². The molecule has 2 amide bonds. The standard InChI is InChI=1S/C14H18N2O2/c1-10(2)14(18)15-11-8-13(17)16(9-11)12-6-4-3-5-7-12/h3-7,10-11H,8-9H2,1-2H3,(H,15,18). The fourth-order valence-electron chi connectivity index (χ4n) is 2.03. The lowest BCUT2D eigenvalue weighted by atomic mass is 10.2. The van der Waals surface area contributed by atoms with Gasteiger partial charge in [0, 0.05) is 24.6 Å². The zero-order chi connectivity index (χ0) is 13.1. The summed E-state index contributed by atoms with van der Waals surface area (Å²) in [4.78, 5) is 25.2. The summed E-state index contributed by atoms with van der Waals surface area (Å²) in [6.07, 6.45) is 0.382. The molecule has 4 nitrogen and oxygen atoms in total. The summed E-state index contributed by atoms with van der Waals surface area (Å²) in [7, 11) is 0. The molecule has 2 rings (SSSR count). The fraction of sp³-hybridized carbons (Fsp3) is 0.429. The maximum Gasteiger partial charge on any atom is 0.229 e. The van der Waals surface area contributed by atoms with Gasteiger partial charge in [0.1, 0.15) is 0 Å². The second-order valence-corrected chi connectivity index (χ2v) is 4.90. The van der Waals surface area contributed by atoms with Crippen LogP contribution in [0.5, 0.6) is 0 Å². The molecule has 0 saturated carbocycles. The smallest absolute Gasteiger partial charge is 0.229 e. The quantitative estimate of drug-likeness (QED) is 0.880. The Labute approximate surface area is 107 Å². The van der Waals surface area contributed by atoms with Gasteiger partial charge in [0.05, 0.1) is 6.04 Å². The average Bonchev–Trinajstić information content (AvgIpc) is 2.71. The number of carbonyl (C=O) groups is 2. The monoisotopic (exact) mass is 246 g/mol. The molecule has 1 saturated heterocycles. The van der Waals surface area contributed by atoms with Crippen molar-refractivity contribution in [3.63, 3.8) is 0 Å². The number of hydrogen-bond donors (Lipinski definition) is 1. The van der Waals surface area contributed by atoms with E-state index in [0.717, 1.165) is 5.69 Å². The number of benzene rings is 1. The van der Waals surface area contributed by atoms with Crippen molar-refractivity contribution in [2.75, 3.05) is 11.4 Å². The molecule has 1 fully saturated rings. The third-order valence-corrected chi connectivity index (χ3v) is 3.06. The van der Waals surface area contributed by atoms with Gasteiger partial charge in [-0.2, -0.15) is 0 Å². The van der Waals surface area contributed by atoms with Crippen LogP contribution in [0, 0.1) is 5.92 Å². The molecule has 0 spiro atoms. The van der Waals surface area contributed by atoms with Crippen LogP contribution in [0.2, 0.25) is 0 Å². The zero-order valence-corrected chi connectivity index (χ0v) is 10.7. The molecule has 0 bridgehead atoms. The minimum atomic E-state index is -0.0763. The Morgan fingerprint density at radius 1 is 1.33 bits per heavy atom. The van der Waals surface area contributed by atoms with E-state index < -0.39 is 0 Å². The summed E-state index contributed by atoms with van der Waals surface area (Å²) >= 11 is 0. The molecule has 18 heavy (non-hydrogen) atoms. The highest BCUT2D eigenvalue weighted by Crippen LogP contribution is 2.21. The van der Waals surface area contributed by atoms with Gasteiger partial charge in [-0.25, -0.2) is 0 Å². The van der Waals surface area contributed by atoms with Gasteiger partial charge in [0.15, 0.2) is 0 Å². The number of nitrogens with zero attached hydrogens (tertiary/aromatic N) is 1. The van der Waals surface area contributed by atoms with Crippen molar-refractivity contribution in [2.45, 2.75) is 26.3 Å². The minimum Gasteiger partial charge on any atom is -0.351 e. The van der Waals surface area contributed by atoms with Crippen LogP contribution in [-0.4, -0.2) is 24.4 Å². The summed E-state index contributed by atoms with van der Waals surface area (Å²) in [5, 5.41) is 2.91. The van der Waals surface area contributed by atoms with Crippen molar-refractivity contribution < 1.29 is 9.59 Å². The lowest BCUT2D eigenvalue weighted by Gasteiger charge is -2.17. The van der Waals surface area contributed by atoms with Gasteiger partial charge in [-0.15, -0.1) is 0 Å². The summed E-state index contributed by atoms with van der Waals surface area (Å²) in [5.74, 6) is 0.0174. The van der Waals surface area contributed by atoms with Crippen LogP contribution in [0.3, 0.4) is 0 Å². The first kappa shape index (κ1) is 12.6. The van der Waals surface area contributed by atoms with Crippen LogP contribution in [0.25, 0.3) is 0 Å². The number of carbonyl (C=O) groups excluding carboxylic acids is 2. The predicted octanol–water partition coefficient (Wildman–Crippen LogP) is 1.56. The van der Waals surface area contributed by atoms with Gasteiger partial charge in [0.25, 0.3) is 0 Å². The Morgan fingerprint density at radius 2 is 2.00 bits per heavy atom. The highest BCUT2D eigenvalue weighted by atomic mass is 16.2. The number of para-hydroxylation sites is 1. The van der Waals surface area contributed by atoms with Gasteiger partial charge in [-0.05, 0) is 12.1 Å². The first-order chi connectivity index (χ1) is 8.58. The van der Waals surface area contributed by atoms with Crippen molar-refractivity contribution in [2.24, 2.45) is 5.92 Å². The molecule has 0 aliphatic carbocycles. The van der Waals surface area contributed by atoms with Gasteiger partial charge < -0.3 is 10.2 Å². The molecular weight excluding hydrogens is 228 g/mol. The third kappa shape index (κ3) is 2.70. The van der Waals surface area contributed by atoms with E-state index in [1.54, 1.807) is 4.90 Å². The highest BCUT2D eigenvalue weighted by Gasteiger charge is 2.31. The topological polar surface area (TPSA) is 49.4 Å². The molecule has 1 aliphatic rings.